The van der Waals surface area contributed by atoms with E-state index in [9.17, 15) is 0 Å². The number of hydrogen-bond acceptors (Lipinski definition) is 4. The Hall–Kier alpha value is -4.12. The summed E-state index contributed by atoms with van der Waals surface area (Å²) in [4.78, 5) is 6.09. The van der Waals surface area contributed by atoms with Crippen molar-refractivity contribution in [3.8, 4) is 34.1 Å². The van der Waals surface area contributed by atoms with E-state index in [1.54, 1.807) is 0 Å². The van der Waals surface area contributed by atoms with Crippen molar-refractivity contribution in [2.75, 3.05) is 6.26 Å². The minimum Gasteiger partial charge on any atom is -0.509 e. The summed E-state index contributed by atoms with van der Waals surface area (Å²) in [6.07, 6.45) is 4.03. The van der Waals surface area contributed by atoms with Crippen molar-refractivity contribution < 1.29 is 25.8 Å². The minimum atomic E-state index is 0. The predicted molar refractivity (Wildman–Crippen MR) is 209 cm³/mol. The number of aromatic nitrogens is 4. The second-order valence-corrected chi connectivity index (χ2v) is 14.7. The number of pyridine rings is 1. The van der Waals surface area contributed by atoms with Crippen LogP contribution in [0.4, 0.5) is 0 Å². The molecule has 0 aliphatic heterocycles. The van der Waals surface area contributed by atoms with Crippen LogP contribution in [0.2, 0.25) is 0 Å². The van der Waals surface area contributed by atoms with Crippen molar-refractivity contribution in [3.05, 3.63) is 124 Å². The zero-order chi connectivity index (χ0) is 35.4. The van der Waals surface area contributed by atoms with Gasteiger partial charge in [0.15, 0.2) is 0 Å². The predicted octanol–water partition coefficient (Wildman–Crippen LogP) is 11.9. The number of thioether (sulfide) groups is 1. The molecule has 3 aromatic heterocycles. The third-order valence-electron chi connectivity index (χ3n) is 9.94. The summed E-state index contributed by atoms with van der Waals surface area (Å²) in [5.74, 6) is 2.53. The molecule has 7 aromatic rings. The Labute approximate surface area is 320 Å². The molecule has 0 unspecified atom stereocenters. The number of para-hydroxylation sites is 1. The molecule has 0 N–H and O–H groups in total. The summed E-state index contributed by atoms with van der Waals surface area (Å²) in [7, 11) is 0. The summed E-state index contributed by atoms with van der Waals surface area (Å²) in [5, 5.41) is 7.58. The van der Waals surface area contributed by atoms with Gasteiger partial charge in [-0.05, 0) is 115 Å². The maximum absolute atomic E-state index is 6.54. The number of nitrogens with zero attached hydrogens (tertiary/aromatic N) is 4. The van der Waals surface area contributed by atoms with Crippen LogP contribution in [0, 0.1) is 46.8 Å². The van der Waals surface area contributed by atoms with Gasteiger partial charge in [0, 0.05) is 33.7 Å². The molecule has 7 heteroatoms. The number of aryl methyl sites for hydroxylation is 1. The van der Waals surface area contributed by atoms with E-state index >= 15 is 0 Å². The van der Waals surface area contributed by atoms with E-state index in [1.807, 2.05) is 42.2 Å². The first-order valence-electron chi connectivity index (χ1n) is 17.4. The van der Waals surface area contributed by atoms with Crippen LogP contribution >= 0.6 is 11.8 Å². The van der Waals surface area contributed by atoms with E-state index in [-0.39, 0.29) is 32.9 Å². The van der Waals surface area contributed by atoms with Crippen molar-refractivity contribution in [3.63, 3.8) is 0 Å². The topological polar surface area (TPSA) is 44.9 Å². The van der Waals surface area contributed by atoms with Crippen LogP contribution in [0.3, 0.4) is 0 Å². The van der Waals surface area contributed by atoms with Gasteiger partial charge in [0.1, 0.15) is 5.82 Å². The average molecular weight is 872 g/mol. The Morgan fingerprint density at radius 2 is 1.43 bits per heavy atom. The molecule has 5 nitrogen and oxygen atoms in total. The number of ether oxygens (including phenoxy) is 1. The van der Waals surface area contributed by atoms with Crippen molar-refractivity contribution in [2.45, 2.75) is 79.0 Å². The molecule has 0 aliphatic rings. The molecule has 0 amide bonds. The van der Waals surface area contributed by atoms with Crippen LogP contribution in [-0.4, -0.2) is 25.6 Å². The maximum atomic E-state index is 6.54. The second kappa shape index (κ2) is 14.5. The van der Waals surface area contributed by atoms with Crippen LogP contribution in [0.1, 0.15) is 78.7 Å². The molecule has 7 rings (SSSR count). The van der Waals surface area contributed by atoms with Crippen LogP contribution in [0.25, 0.3) is 44.4 Å². The number of benzene rings is 4. The van der Waals surface area contributed by atoms with Gasteiger partial charge in [0.05, 0.1) is 11.4 Å². The van der Waals surface area contributed by atoms with Gasteiger partial charge in [-0.25, -0.2) is 4.98 Å². The molecule has 0 aliphatic carbocycles. The number of hydrogen-bond donors (Lipinski definition) is 0. The fourth-order valence-electron chi connectivity index (χ4n) is 7.34. The van der Waals surface area contributed by atoms with Crippen molar-refractivity contribution >= 4 is 33.6 Å². The Morgan fingerprint density at radius 3 is 2.10 bits per heavy atom. The van der Waals surface area contributed by atoms with Gasteiger partial charge in [-0.15, -0.1) is 47.5 Å². The molecule has 0 radical (unpaired) electrons. The molecule has 0 saturated carbocycles. The SMILES string of the molecule is CSc1c(C)c(C)c(-c2c(C(C)C)nn(-c3[c-]c(Oc4[c-]c5c(cc4)c4ccccc4n5-c4cc(C)ccn4)ccc3)c2C(C)C)c(C)c1C.[Pt+2]. The van der Waals surface area contributed by atoms with Gasteiger partial charge in [-0.3, -0.25) is 4.68 Å². The largest absolute Gasteiger partial charge is 2.00 e. The molecular formula is C44H44N4OPtS. The molecule has 0 fully saturated rings. The molecule has 0 saturated heterocycles. The van der Waals surface area contributed by atoms with Gasteiger partial charge in [-0.2, -0.15) is 17.2 Å². The van der Waals surface area contributed by atoms with E-state index in [2.05, 4.69) is 132 Å². The van der Waals surface area contributed by atoms with E-state index in [1.165, 1.54) is 44.0 Å². The fourth-order valence-corrected chi connectivity index (χ4v) is 8.26. The Morgan fingerprint density at radius 1 is 0.725 bits per heavy atom. The zero-order valence-corrected chi connectivity index (χ0v) is 34.1. The smallest absolute Gasteiger partial charge is 0.509 e. The summed E-state index contributed by atoms with van der Waals surface area (Å²) in [6.45, 7) is 20.1. The van der Waals surface area contributed by atoms with Gasteiger partial charge in [-0.1, -0.05) is 51.4 Å². The van der Waals surface area contributed by atoms with Crippen LogP contribution in [0.15, 0.2) is 77.8 Å². The van der Waals surface area contributed by atoms with Crippen LogP contribution in [-0.2, 0) is 21.1 Å². The van der Waals surface area contributed by atoms with Gasteiger partial charge >= 0.3 is 21.1 Å². The van der Waals surface area contributed by atoms with Gasteiger partial charge in [0.25, 0.3) is 0 Å². The first-order chi connectivity index (χ1) is 24.0. The maximum Gasteiger partial charge on any atom is 2.00 e. The van der Waals surface area contributed by atoms with Gasteiger partial charge < -0.3 is 9.30 Å². The number of fused-ring (bicyclic) bond motifs is 3. The number of rotatable bonds is 8. The summed E-state index contributed by atoms with van der Waals surface area (Å²) < 4.78 is 10.8. The van der Waals surface area contributed by atoms with E-state index in [0.29, 0.717) is 11.5 Å². The van der Waals surface area contributed by atoms with Crippen LogP contribution in [0.5, 0.6) is 11.5 Å². The molecule has 0 bridgehead atoms. The molecular weight excluding hydrogens is 828 g/mol. The van der Waals surface area contributed by atoms with E-state index in [0.717, 1.165) is 44.6 Å². The average Bonchev–Trinajstić information content (AvgIpc) is 3.65. The van der Waals surface area contributed by atoms with E-state index in [4.69, 9.17) is 14.8 Å². The Kier molecular flexibility index (Phi) is 10.4. The standard InChI is InChI=1S/C44H44N4OS.Pt/c1-25(2)42-41(40-28(6)30(8)44(50-10)31(9)29(40)7)43(26(3)4)48(46-42)32-14-13-15-33(23-32)49-34-18-19-36-35-16-11-12-17-37(35)47(38(36)24-34)39-22-27(5)20-21-45-39;/h11-22,25-26H,1-10H3;/q-2;+2. The first kappa shape index (κ1) is 36.7. The monoisotopic (exact) mass is 871 g/mol. The second-order valence-electron chi connectivity index (χ2n) is 13.9. The van der Waals surface area contributed by atoms with Gasteiger partial charge in [0.2, 0.25) is 0 Å². The molecule has 51 heavy (non-hydrogen) atoms. The normalized spacial score (nSPS) is 11.6. The molecule has 4 aromatic carbocycles. The zero-order valence-electron chi connectivity index (χ0n) is 31.0. The van der Waals surface area contributed by atoms with Crippen LogP contribution < -0.4 is 4.74 Å². The minimum absolute atomic E-state index is 0. The Bertz CT molecular complexity index is 2390. The van der Waals surface area contributed by atoms with Crippen molar-refractivity contribution in [1.29, 1.82) is 0 Å². The van der Waals surface area contributed by atoms with E-state index < -0.39 is 0 Å². The third-order valence-corrected chi connectivity index (χ3v) is 11.0. The molecule has 262 valence electrons. The van der Waals surface area contributed by atoms with Crippen molar-refractivity contribution in [1.82, 2.24) is 19.3 Å². The summed E-state index contributed by atoms with van der Waals surface area (Å²) >= 11 is 1.83. The molecule has 3 heterocycles. The Balaban J connectivity index is 0.00000448. The summed E-state index contributed by atoms with van der Waals surface area (Å²) in [6, 6.07) is 29.8. The third kappa shape index (κ3) is 6.36. The fraction of sp³-hybridized carbons (Fsp3) is 0.273. The quantitative estimate of drug-likeness (QED) is 0.113. The molecule has 0 atom stereocenters. The first-order valence-corrected chi connectivity index (χ1v) is 18.6. The molecule has 0 spiro atoms. The van der Waals surface area contributed by atoms with Crippen molar-refractivity contribution in [2.24, 2.45) is 0 Å². The summed E-state index contributed by atoms with van der Waals surface area (Å²) in [5.41, 5.74) is 14.2.